The number of hydrogen-bond donors (Lipinski definition) is 1. The van der Waals surface area contributed by atoms with Gasteiger partial charge in [0.2, 0.25) is 5.91 Å². The van der Waals surface area contributed by atoms with Crippen LogP contribution in [0, 0.1) is 12.8 Å². The summed E-state index contributed by atoms with van der Waals surface area (Å²) in [4.78, 5) is 22.2. The van der Waals surface area contributed by atoms with Crippen molar-refractivity contribution in [2.75, 3.05) is 18.0 Å². The Balaban J connectivity index is 2.32. The van der Waals surface area contributed by atoms with Crippen molar-refractivity contribution >= 4 is 23.3 Å². The Morgan fingerprint density at radius 3 is 2.68 bits per heavy atom. The van der Waals surface area contributed by atoms with Crippen LogP contribution in [0.5, 0.6) is 0 Å². The molecule has 0 radical (unpaired) electrons. The maximum Gasteiger partial charge on any atom is 0.222 e. The molecular formula is C13H19ClN4O. The minimum atomic E-state index is -0.246. The van der Waals surface area contributed by atoms with E-state index in [-0.39, 0.29) is 17.7 Å². The van der Waals surface area contributed by atoms with Gasteiger partial charge in [0, 0.05) is 24.6 Å². The molecule has 19 heavy (non-hydrogen) atoms. The first-order valence-electron chi connectivity index (χ1n) is 6.48. The van der Waals surface area contributed by atoms with Gasteiger partial charge in [-0.25, -0.2) is 9.97 Å². The van der Waals surface area contributed by atoms with Gasteiger partial charge in [0.1, 0.15) is 16.8 Å². The standard InChI is InChI=1S/C13H19ClN4O/c1-7(2)12-16-10(14)8(3)13(17-12)18-5-4-9(6-18)11(15)19/h7,9H,4-6H2,1-3H3,(H2,15,19). The first-order chi connectivity index (χ1) is 8.90. The molecule has 0 spiro atoms. The monoisotopic (exact) mass is 282 g/mol. The van der Waals surface area contributed by atoms with Gasteiger partial charge in [-0.2, -0.15) is 0 Å². The minimum absolute atomic E-state index is 0.101. The van der Waals surface area contributed by atoms with Crippen molar-refractivity contribution in [1.29, 1.82) is 0 Å². The molecule has 6 heteroatoms. The number of rotatable bonds is 3. The van der Waals surface area contributed by atoms with E-state index in [0.29, 0.717) is 11.7 Å². The molecular weight excluding hydrogens is 264 g/mol. The van der Waals surface area contributed by atoms with Gasteiger partial charge in [0.15, 0.2) is 0 Å². The molecule has 1 aliphatic heterocycles. The fraction of sp³-hybridized carbons (Fsp3) is 0.615. The molecule has 1 atom stereocenters. The molecule has 0 aromatic carbocycles. The lowest BCUT2D eigenvalue weighted by atomic mass is 10.1. The summed E-state index contributed by atoms with van der Waals surface area (Å²) in [6, 6.07) is 0. The zero-order valence-electron chi connectivity index (χ0n) is 11.5. The summed E-state index contributed by atoms with van der Waals surface area (Å²) in [5.41, 5.74) is 6.22. The van der Waals surface area contributed by atoms with Crippen LogP contribution in [-0.2, 0) is 4.79 Å². The summed E-state index contributed by atoms with van der Waals surface area (Å²) in [5, 5.41) is 0.483. The largest absolute Gasteiger partial charge is 0.369 e. The number of primary amides is 1. The molecule has 1 saturated heterocycles. The molecule has 1 aliphatic rings. The summed E-state index contributed by atoms with van der Waals surface area (Å²) in [6.45, 7) is 7.35. The predicted molar refractivity (Wildman–Crippen MR) is 75.4 cm³/mol. The van der Waals surface area contributed by atoms with Crippen molar-refractivity contribution in [3.63, 3.8) is 0 Å². The lowest BCUT2D eigenvalue weighted by Crippen LogP contribution is -2.28. The number of carbonyl (C=O) groups is 1. The van der Waals surface area contributed by atoms with E-state index in [0.717, 1.165) is 30.2 Å². The normalized spacial score (nSPS) is 19.2. The molecule has 0 saturated carbocycles. The third-order valence-electron chi connectivity index (χ3n) is 3.48. The molecule has 1 amide bonds. The van der Waals surface area contributed by atoms with Crippen molar-refractivity contribution in [2.24, 2.45) is 11.7 Å². The SMILES string of the molecule is Cc1c(Cl)nc(C(C)C)nc1N1CCC(C(N)=O)C1. The number of anilines is 1. The second kappa shape index (κ2) is 5.33. The van der Waals surface area contributed by atoms with E-state index in [1.54, 1.807) is 0 Å². The van der Waals surface area contributed by atoms with Gasteiger partial charge in [-0.1, -0.05) is 25.4 Å². The Kier molecular flexibility index (Phi) is 3.94. The highest BCUT2D eigenvalue weighted by Gasteiger charge is 2.29. The maximum absolute atomic E-state index is 11.2. The van der Waals surface area contributed by atoms with Crippen LogP contribution >= 0.6 is 11.6 Å². The second-order valence-corrected chi connectivity index (χ2v) is 5.67. The summed E-state index contributed by atoms with van der Waals surface area (Å²) in [7, 11) is 0. The summed E-state index contributed by atoms with van der Waals surface area (Å²) in [6.07, 6.45) is 0.771. The lowest BCUT2D eigenvalue weighted by Gasteiger charge is -2.21. The summed E-state index contributed by atoms with van der Waals surface area (Å²) < 4.78 is 0. The van der Waals surface area contributed by atoms with Gasteiger partial charge in [-0.05, 0) is 13.3 Å². The van der Waals surface area contributed by atoms with Crippen molar-refractivity contribution in [3.8, 4) is 0 Å². The van der Waals surface area contributed by atoms with Crippen molar-refractivity contribution in [2.45, 2.75) is 33.1 Å². The topological polar surface area (TPSA) is 72.1 Å². The molecule has 2 N–H and O–H groups in total. The number of nitrogens with two attached hydrogens (primary N) is 1. The van der Waals surface area contributed by atoms with Crippen LogP contribution < -0.4 is 10.6 Å². The quantitative estimate of drug-likeness (QED) is 0.859. The lowest BCUT2D eigenvalue weighted by molar-refractivity contribution is -0.121. The van der Waals surface area contributed by atoms with Crippen LogP contribution in [-0.4, -0.2) is 29.0 Å². The first kappa shape index (κ1) is 14.1. The van der Waals surface area contributed by atoms with Crippen molar-refractivity contribution in [1.82, 2.24) is 9.97 Å². The second-order valence-electron chi connectivity index (χ2n) is 5.31. The number of nitrogens with zero attached hydrogens (tertiary/aromatic N) is 3. The molecule has 2 rings (SSSR count). The molecule has 0 aliphatic carbocycles. The molecule has 1 aromatic heterocycles. The molecule has 2 heterocycles. The van der Waals surface area contributed by atoms with E-state index < -0.39 is 0 Å². The Morgan fingerprint density at radius 2 is 2.16 bits per heavy atom. The predicted octanol–water partition coefficient (Wildman–Crippen LogP) is 1.87. The molecule has 0 bridgehead atoms. The van der Waals surface area contributed by atoms with E-state index in [9.17, 15) is 4.79 Å². The Labute approximate surface area is 118 Å². The van der Waals surface area contributed by atoms with Crippen LogP contribution in [0.1, 0.15) is 37.6 Å². The zero-order chi connectivity index (χ0) is 14.2. The van der Waals surface area contributed by atoms with Crippen molar-refractivity contribution in [3.05, 3.63) is 16.5 Å². The van der Waals surface area contributed by atoms with E-state index in [4.69, 9.17) is 17.3 Å². The Morgan fingerprint density at radius 1 is 1.47 bits per heavy atom. The van der Waals surface area contributed by atoms with Crippen LogP contribution in [0.25, 0.3) is 0 Å². The molecule has 1 fully saturated rings. The summed E-state index contributed by atoms with van der Waals surface area (Å²) in [5.74, 6) is 1.42. The van der Waals surface area contributed by atoms with E-state index >= 15 is 0 Å². The zero-order valence-corrected chi connectivity index (χ0v) is 12.2. The molecule has 1 unspecified atom stereocenters. The smallest absolute Gasteiger partial charge is 0.222 e. The van der Waals surface area contributed by atoms with Crippen molar-refractivity contribution < 1.29 is 4.79 Å². The van der Waals surface area contributed by atoms with Gasteiger partial charge < -0.3 is 10.6 Å². The highest BCUT2D eigenvalue weighted by molar-refractivity contribution is 6.30. The van der Waals surface area contributed by atoms with Gasteiger partial charge >= 0.3 is 0 Å². The number of amides is 1. The number of hydrogen-bond acceptors (Lipinski definition) is 4. The maximum atomic E-state index is 11.2. The minimum Gasteiger partial charge on any atom is -0.369 e. The number of carbonyl (C=O) groups excluding carboxylic acids is 1. The van der Waals surface area contributed by atoms with Crippen LogP contribution in [0.4, 0.5) is 5.82 Å². The van der Waals surface area contributed by atoms with Gasteiger partial charge in [0.25, 0.3) is 0 Å². The van der Waals surface area contributed by atoms with E-state index in [1.165, 1.54) is 0 Å². The Hall–Kier alpha value is -1.36. The van der Waals surface area contributed by atoms with Crippen LogP contribution in [0.3, 0.4) is 0 Å². The fourth-order valence-corrected chi connectivity index (χ4v) is 2.42. The average molecular weight is 283 g/mol. The highest BCUT2D eigenvalue weighted by atomic mass is 35.5. The molecule has 104 valence electrons. The fourth-order valence-electron chi connectivity index (χ4n) is 2.24. The van der Waals surface area contributed by atoms with E-state index in [1.807, 2.05) is 20.8 Å². The van der Waals surface area contributed by atoms with Gasteiger partial charge in [0.05, 0.1) is 5.92 Å². The average Bonchev–Trinajstić information content (AvgIpc) is 2.81. The number of aromatic nitrogens is 2. The third kappa shape index (κ3) is 2.81. The highest BCUT2D eigenvalue weighted by Crippen LogP contribution is 2.29. The van der Waals surface area contributed by atoms with Crippen LogP contribution in [0.15, 0.2) is 0 Å². The first-order valence-corrected chi connectivity index (χ1v) is 6.86. The Bertz CT molecular complexity index is 504. The van der Waals surface area contributed by atoms with Gasteiger partial charge in [-0.3, -0.25) is 4.79 Å². The third-order valence-corrected chi connectivity index (χ3v) is 3.85. The summed E-state index contributed by atoms with van der Waals surface area (Å²) >= 11 is 6.17. The van der Waals surface area contributed by atoms with Gasteiger partial charge in [-0.15, -0.1) is 0 Å². The molecule has 1 aromatic rings. The number of halogens is 1. The van der Waals surface area contributed by atoms with Crippen LogP contribution in [0.2, 0.25) is 5.15 Å². The molecule has 5 nitrogen and oxygen atoms in total. The van der Waals surface area contributed by atoms with E-state index in [2.05, 4.69) is 14.9 Å².